The van der Waals surface area contributed by atoms with Gasteiger partial charge in [0.05, 0.1) is 5.41 Å². The molecule has 0 aromatic heterocycles. The van der Waals surface area contributed by atoms with Gasteiger partial charge in [0.2, 0.25) is 11.8 Å². The normalized spacial score (nSPS) is 21.3. The van der Waals surface area contributed by atoms with Gasteiger partial charge >= 0.3 is 0 Å². The first kappa shape index (κ1) is 16.3. The van der Waals surface area contributed by atoms with Gasteiger partial charge in [-0.2, -0.15) is 0 Å². The van der Waals surface area contributed by atoms with Crippen LogP contribution in [-0.2, 0) is 15.0 Å². The van der Waals surface area contributed by atoms with Crippen molar-refractivity contribution < 1.29 is 9.59 Å². The molecule has 1 saturated carbocycles. The second-order valence-electron chi connectivity index (χ2n) is 6.76. The van der Waals surface area contributed by atoms with Crippen molar-refractivity contribution in [1.29, 1.82) is 0 Å². The minimum absolute atomic E-state index is 0.0888. The molecule has 0 radical (unpaired) electrons. The summed E-state index contributed by atoms with van der Waals surface area (Å²) in [5, 5.41) is 0.691. The summed E-state index contributed by atoms with van der Waals surface area (Å²) in [6.07, 6.45) is 5.29. The van der Waals surface area contributed by atoms with Crippen molar-refractivity contribution in [1.82, 2.24) is 4.90 Å². The van der Waals surface area contributed by atoms with E-state index in [0.29, 0.717) is 31.0 Å². The molecular formula is C18H23ClN2O2. The molecule has 1 saturated heterocycles. The van der Waals surface area contributed by atoms with E-state index in [9.17, 15) is 9.59 Å². The number of piperidine rings is 1. The summed E-state index contributed by atoms with van der Waals surface area (Å²) in [7, 11) is 0. The quantitative estimate of drug-likeness (QED) is 0.923. The van der Waals surface area contributed by atoms with Gasteiger partial charge in [-0.3, -0.25) is 9.59 Å². The lowest BCUT2D eigenvalue weighted by Gasteiger charge is -2.38. The number of nitrogens with two attached hydrogens (primary N) is 1. The average molecular weight is 335 g/mol. The Morgan fingerprint density at radius 3 is 2.17 bits per heavy atom. The largest absolute Gasteiger partial charge is 0.369 e. The Labute approximate surface area is 142 Å². The highest BCUT2D eigenvalue weighted by atomic mass is 35.5. The number of benzene rings is 1. The van der Waals surface area contributed by atoms with Crippen LogP contribution in [0.15, 0.2) is 24.3 Å². The standard InChI is InChI=1S/C18H23ClN2O2/c19-15-5-3-14(4-6-15)18(9-1-2-10-18)17(23)21-11-7-13(8-12-21)16(20)22/h3-6,13H,1-2,7-12H2,(H2,20,22). The molecule has 5 heteroatoms. The summed E-state index contributed by atoms with van der Waals surface area (Å²) in [5.41, 5.74) is 6.05. The van der Waals surface area contributed by atoms with Gasteiger partial charge in [-0.25, -0.2) is 0 Å². The van der Waals surface area contributed by atoms with E-state index < -0.39 is 5.41 Å². The summed E-state index contributed by atoms with van der Waals surface area (Å²) in [6.45, 7) is 1.25. The minimum atomic E-state index is -0.413. The summed E-state index contributed by atoms with van der Waals surface area (Å²) < 4.78 is 0. The molecule has 3 rings (SSSR count). The van der Waals surface area contributed by atoms with E-state index in [1.54, 1.807) is 0 Å². The van der Waals surface area contributed by atoms with Crippen molar-refractivity contribution in [3.63, 3.8) is 0 Å². The van der Waals surface area contributed by atoms with E-state index in [1.807, 2.05) is 29.2 Å². The third kappa shape index (κ3) is 3.09. The van der Waals surface area contributed by atoms with Crippen LogP contribution < -0.4 is 5.73 Å². The van der Waals surface area contributed by atoms with Crippen molar-refractivity contribution in [3.8, 4) is 0 Å². The Balaban J connectivity index is 1.80. The van der Waals surface area contributed by atoms with Crippen LogP contribution >= 0.6 is 11.6 Å². The maximum Gasteiger partial charge on any atom is 0.233 e. The number of carbonyl (C=O) groups excluding carboxylic acids is 2. The fraction of sp³-hybridized carbons (Fsp3) is 0.556. The SMILES string of the molecule is NC(=O)C1CCN(C(=O)C2(c3ccc(Cl)cc3)CCCC2)CC1. The Hall–Kier alpha value is -1.55. The Kier molecular flexibility index (Phi) is 4.62. The smallest absolute Gasteiger partial charge is 0.233 e. The molecule has 0 unspecified atom stereocenters. The predicted octanol–water partition coefficient (Wildman–Crippen LogP) is 2.88. The number of likely N-dealkylation sites (tertiary alicyclic amines) is 1. The van der Waals surface area contributed by atoms with Crippen LogP contribution in [0.4, 0.5) is 0 Å². The maximum atomic E-state index is 13.3. The molecular weight excluding hydrogens is 312 g/mol. The fourth-order valence-electron chi connectivity index (χ4n) is 4.04. The zero-order valence-electron chi connectivity index (χ0n) is 13.3. The monoisotopic (exact) mass is 334 g/mol. The van der Waals surface area contributed by atoms with E-state index in [1.165, 1.54) is 0 Å². The Bertz CT molecular complexity index is 586. The van der Waals surface area contributed by atoms with Gasteiger partial charge in [0.1, 0.15) is 0 Å². The van der Waals surface area contributed by atoms with Crippen molar-refractivity contribution in [2.75, 3.05) is 13.1 Å². The van der Waals surface area contributed by atoms with Gasteiger partial charge < -0.3 is 10.6 Å². The van der Waals surface area contributed by atoms with Crippen LogP contribution in [0.5, 0.6) is 0 Å². The number of hydrogen-bond donors (Lipinski definition) is 1. The van der Waals surface area contributed by atoms with Crippen LogP contribution in [0.2, 0.25) is 5.02 Å². The number of halogens is 1. The maximum absolute atomic E-state index is 13.3. The van der Waals surface area contributed by atoms with Gasteiger partial charge in [-0.1, -0.05) is 36.6 Å². The average Bonchev–Trinajstić information content (AvgIpc) is 3.06. The molecule has 4 nitrogen and oxygen atoms in total. The van der Waals surface area contributed by atoms with Crippen LogP contribution in [0.25, 0.3) is 0 Å². The van der Waals surface area contributed by atoms with Gasteiger partial charge in [0, 0.05) is 24.0 Å². The first-order chi connectivity index (χ1) is 11.0. The van der Waals surface area contributed by atoms with E-state index in [4.69, 9.17) is 17.3 Å². The molecule has 2 N–H and O–H groups in total. The molecule has 1 aromatic rings. The molecule has 2 fully saturated rings. The van der Waals surface area contributed by atoms with E-state index in [0.717, 1.165) is 31.2 Å². The lowest BCUT2D eigenvalue weighted by Crippen LogP contribution is -2.49. The van der Waals surface area contributed by atoms with Gasteiger partial charge in [0.25, 0.3) is 0 Å². The summed E-state index contributed by atoms with van der Waals surface area (Å²) in [4.78, 5) is 26.5. The van der Waals surface area contributed by atoms with E-state index in [-0.39, 0.29) is 17.7 Å². The Morgan fingerprint density at radius 2 is 1.65 bits per heavy atom. The number of nitrogens with zero attached hydrogens (tertiary/aromatic N) is 1. The summed E-state index contributed by atoms with van der Waals surface area (Å²) in [6, 6.07) is 7.70. The first-order valence-corrected chi connectivity index (χ1v) is 8.75. The van der Waals surface area contributed by atoms with Gasteiger partial charge in [0.15, 0.2) is 0 Å². The number of carbonyl (C=O) groups is 2. The summed E-state index contributed by atoms with van der Waals surface area (Å²) >= 11 is 6.00. The second-order valence-corrected chi connectivity index (χ2v) is 7.20. The Morgan fingerprint density at radius 1 is 1.09 bits per heavy atom. The number of amides is 2. The van der Waals surface area contributed by atoms with Crippen molar-refractivity contribution in [2.24, 2.45) is 11.7 Å². The van der Waals surface area contributed by atoms with Crippen LogP contribution in [-0.4, -0.2) is 29.8 Å². The molecule has 1 aliphatic carbocycles. The minimum Gasteiger partial charge on any atom is -0.369 e. The van der Waals surface area contributed by atoms with Gasteiger partial charge in [-0.05, 0) is 43.4 Å². The number of primary amides is 1. The van der Waals surface area contributed by atoms with Crippen molar-refractivity contribution in [2.45, 2.75) is 43.9 Å². The zero-order valence-corrected chi connectivity index (χ0v) is 14.0. The zero-order chi connectivity index (χ0) is 16.4. The van der Waals surface area contributed by atoms with Crippen LogP contribution in [0.3, 0.4) is 0 Å². The second kappa shape index (κ2) is 6.52. The lowest BCUT2D eigenvalue weighted by atomic mass is 9.77. The highest BCUT2D eigenvalue weighted by molar-refractivity contribution is 6.30. The fourth-order valence-corrected chi connectivity index (χ4v) is 4.17. The third-order valence-corrected chi connectivity index (χ3v) is 5.70. The summed E-state index contributed by atoms with van der Waals surface area (Å²) in [5.74, 6) is -0.125. The molecule has 0 bridgehead atoms. The first-order valence-electron chi connectivity index (χ1n) is 8.38. The number of rotatable bonds is 3. The highest BCUT2D eigenvalue weighted by Crippen LogP contribution is 2.43. The molecule has 1 aromatic carbocycles. The van der Waals surface area contributed by atoms with Crippen LogP contribution in [0.1, 0.15) is 44.1 Å². The van der Waals surface area contributed by atoms with Crippen molar-refractivity contribution in [3.05, 3.63) is 34.9 Å². The molecule has 1 heterocycles. The van der Waals surface area contributed by atoms with Gasteiger partial charge in [-0.15, -0.1) is 0 Å². The molecule has 2 amide bonds. The van der Waals surface area contributed by atoms with Crippen molar-refractivity contribution >= 4 is 23.4 Å². The topological polar surface area (TPSA) is 63.4 Å². The number of hydrogen-bond acceptors (Lipinski definition) is 2. The van der Waals surface area contributed by atoms with E-state index in [2.05, 4.69) is 0 Å². The third-order valence-electron chi connectivity index (χ3n) is 5.45. The molecule has 2 aliphatic rings. The molecule has 0 spiro atoms. The van der Waals surface area contributed by atoms with E-state index >= 15 is 0 Å². The molecule has 124 valence electrons. The molecule has 23 heavy (non-hydrogen) atoms. The highest BCUT2D eigenvalue weighted by Gasteiger charge is 2.45. The predicted molar refractivity (Wildman–Crippen MR) is 90.1 cm³/mol. The molecule has 1 aliphatic heterocycles. The lowest BCUT2D eigenvalue weighted by molar-refractivity contribution is -0.140. The molecule has 0 atom stereocenters. The van der Waals surface area contributed by atoms with Crippen LogP contribution in [0, 0.1) is 5.92 Å².